The SMILES string of the molecule is CC(=O)NCCNc1nc(N)ncc1F. The Balaban J connectivity index is 2.43. The topological polar surface area (TPSA) is 92.9 Å². The van der Waals surface area contributed by atoms with Gasteiger partial charge in [0.15, 0.2) is 11.6 Å². The van der Waals surface area contributed by atoms with E-state index in [4.69, 9.17) is 5.73 Å². The number of rotatable bonds is 4. The Morgan fingerprint density at radius 2 is 2.33 bits per heavy atom. The van der Waals surface area contributed by atoms with Crippen molar-refractivity contribution in [1.29, 1.82) is 0 Å². The Morgan fingerprint density at radius 1 is 1.60 bits per heavy atom. The van der Waals surface area contributed by atoms with Gasteiger partial charge in [-0.1, -0.05) is 0 Å². The van der Waals surface area contributed by atoms with Crippen molar-refractivity contribution < 1.29 is 9.18 Å². The van der Waals surface area contributed by atoms with Crippen LogP contribution in [0.1, 0.15) is 6.92 Å². The van der Waals surface area contributed by atoms with E-state index in [1.54, 1.807) is 0 Å². The van der Waals surface area contributed by atoms with Gasteiger partial charge >= 0.3 is 0 Å². The molecule has 6 nitrogen and oxygen atoms in total. The fourth-order valence-corrected chi connectivity index (χ4v) is 0.924. The van der Waals surface area contributed by atoms with E-state index < -0.39 is 5.82 Å². The van der Waals surface area contributed by atoms with Crippen molar-refractivity contribution in [2.75, 3.05) is 24.1 Å². The fourth-order valence-electron chi connectivity index (χ4n) is 0.924. The molecule has 15 heavy (non-hydrogen) atoms. The number of amides is 1. The van der Waals surface area contributed by atoms with Crippen LogP contribution in [0.5, 0.6) is 0 Å². The van der Waals surface area contributed by atoms with Crippen molar-refractivity contribution in [2.45, 2.75) is 6.92 Å². The lowest BCUT2D eigenvalue weighted by Gasteiger charge is -2.06. The summed E-state index contributed by atoms with van der Waals surface area (Å²) in [5.41, 5.74) is 5.28. The van der Waals surface area contributed by atoms with Gasteiger partial charge in [0.25, 0.3) is 0 Å². The average molecular weight is 213 g/mol. The van der Waals surface area contributed by atoms with Gasteiger partial charge in [-0.2, -0.15) is 4.98 Å². The minimum absolute atomic E-state index is 0.00146. The molecular formula is C8H12FN5O. The van der Waals surface area contributed by atoms with Gasteiger partial charge in [-0.25, -0.2) is 9.37 Å². The zero-order chi connectivity index (χ0) is 11.3. The molecule has 0 bridgehead atoms. The number of hydrogen-bond acceptors (Lipinski definition) is 5. The van der Waals surface area contributed by atoms with E-state index in [1.807, 2.05) is 0 Å². The highest BCUT2D eigenvalue weighted by Gasteiger charge is 2.03. The summed E-state index contributed by atoms with van der Waals surface area (Å²) >= 11 is 0. The molecule has 0 unspecified atom stereocenters. The van der Waals surface area contributed by atoms with Crippen LogP contribution in [0.4, 0.5) is 16.2 Å². The predicted molar refractivity (Wildman–Crippen MR) is 53.6 cm³/mol. The van der Waals surface area contributed by atoms with E-state index in [1.165, 1.54) is 6.92 Å². The van der Waals surface area contributed by atoms with Crippen LogP contribution in [0.2, 0.25) is 0 Å². The lowest BCUT2D eigenvalue weighted by atomic mass is 10.5. The average Bonchev–Trinajstić information content (AvgIpc) is 2.17. The monoisotopic (exact) mass is 213 g/mol. The van der Waals surface area contributed by atoms with Crippen LogP contribution in [0, 0.1) is 5.82 Å². The van der Waals surface area contributed by atoms with Crippen LogP contribution in [-0.4, -0.2) is 29.0 Å². The van der Waals surface area contributed by atoms with Crippen molar-refractivity contribution in [3.05, 3.63) is 12.0 Å². The third-order valence-corrected chi connectivity index (χ3v) is 1.55. The number of carbonyl (C=O) groups is 1. The molecule has 0 saturated carbocycles. The number of nitrogens with one attached hydrogen (secondary N) is 2. The van der Waals surface area contributed by atoms with Crippen molar-refractivity contribution >= 4 is 17.7 Å². The largest absolute Gasteiger partial charge is 0.368 e. The number of carbonyl (C=O) groups excluding carboxylic acids is 1. The maximum absolute atomic E-state index is 13.0. The molecule has 1 heterocycles. The van der Waals surface area contributed by atoms with Gasteiger partial charge in [0.1, 0.15) is 0 Å². The molecule has 0 spiro atoms. The summed E-state index contributed by atoms with van der Waals surface area (Å²) in [6.07, 6.45) is 0.989. The molecule has 1 rings (SSSR count). The first-order chi connectivity index (χ1) is 7.09. The number of nitrogen functional groups attached to an aromatic ring is 1. The van der Waals surface area contributed by atoms with Crippen LogP contribution < -0.4 is 16.4 Å². The molecular weight excluding hydrogens is 201 g/mol. The molecule has 0 fully saturated rings. The summed E-state index contributed by atoms with van der Waals surface area (Å²) in [4.78, 5) is 17.7. The second kappa shape index (κ2) is 5.08. The highest BCUT2D eigenvalue weighted by molar-refractivity contribution is 5.72. The van der Waals surface area contributed by atoms with E-state index in [2.05, 4.69) is 20.6 Å². The smallest absolute Gasteiger partial charge is 0.222 e. The van der Waals surface area contributed by atoms with E-state index >= 15 is 0 Å². The van der Waals surface area contributed by atoms with Gasteiger partial charge in [-0.15, -0.1) is 0 Å². The third kappa shape index (κ3) is 3.75. The molecule has 4 N–H and O–H groups in total. The molecule has 0 aliphatic heterocycles. The molecule has 0 aromatic carbocycles. The van der Waals surface area contributed by atoms with Gasteiger partial charge in [-0.3, -0.25) is 4.79 Å². The molecule has 82 valence electrons. The van der Waals surface area contributed by atoms with Crippen molar-refractivity contribution in [2.24, 2.45) is 0 Å². The second-order valence-corrected chi connectivity index (χ2v) is 2.83. The first-order valence-electron chi connectivity index (χ1n) is 4.36. The Morgan fingerprint density at radius 3 is 3.00 bits per heavy atom. The Kier molecular flexibility index (Phi) is 3.78. The van der Waals surface area contributed by atoms with E-state index in [-0.39, 0.29) is 17.7 Å². The quantitative estimate of drug-likeness (QED) is 0.599. The number of halogens is 1. The highest BCUT2D eigenvalue weighted by atomic mass is 19.1. The summed E-state index contributed by atoms with van der Waals surface area (Å²) < 4.78 is 13.0. The fraction of sp³-hybridized carbons (Fsp3) is 0.375. The normalized spacial score (nSPS) is 9.73. The molecule has 0 aliphatic carbocycles. The Labute approximate surface area is 86.1 Å². The van der Waals surface area contributed by atoms with E-state index in [0.717, 1.165) is 6.20 Å². The summed E-state index contributed by atoms with van der Waals surface area (Å²) in [7, 11) is 0. The van der Waals surface area contributed by atoms with Gasteiger partial charge in [0.05, 0.1) is 6.20 Å². The van der Waals surface area contributed by atoms with Crippen LogP contribution in [-0.2, 0) is 4.79 Å². The summed E-state index contributed by atoms with van der Waals surface area (Å²) in [5.74, 6) is -0.683. The van der Waals surface area contributed by atoms with Crippen LogP contribution in [0.25, 0.3) is 0 Å². The first-order valence-corrected chi connectivity index (χ1v) is 4.36. The van der Waals surface area contributed by atoms with Gasteiger partial charge < -0.3 is 16.4 Å². The number of hydrogen-bond donors (Lipinski definition) is 3. The maximum Gasteiger partial charge on any atom is 0.222 e. The number of nitrogens with zero attached hydrogens (tertiary/aromatic N) is 2. The number of aromatic nitrogens is 2. The summed E-state index contributed by atoms with van der Waals surface area (Å²) in [5, 5.41) is 5.24. The maximum atomic E-state index is 13.0. The first kappa shape index (κ1) is 11.2. The van der Waals surface area contributed by atoms with Crippen molar-refractivity contribution in [3.63, 3.8) is 0 Å². The van der Waals surface area contributed by atoms with E-state index in [0.29, 0.717) is 13.1 Å². The molecule has 0 radical (unpaired) electrons. The van der Waals surface area contributed by atoms with Gasteiger partial charge in [0, 0.05) is 20.0 Å². The van der Waals surface area contributed by atoms with Gasteiger partial charge in [0.2, 0.25) is 11.9 Å². The molecule has 1 amide bonds. The van der Waals surface area contributed by atoms with Crippen molar-refractivity contribution in [3.8, 4) is 0 Å². The molecule has 0 saturated heterocycles. The van der Waals surface area contributed by atoms with Crippen LogP contribution in [0.15, 0.2) is 6.20 Å². The molecule has 0 aliphatic rings. The van der Waals surface area contributed by atoms with Crippen LogP contribution in [0.3, 0.4) is 0 Å². The highest BCUT2D eigenvalue weighted by Crippen LogP contribution is 2.08. The molecule has 7 heteroatoms. The zero-order valence-electron chi connectivity index (χ0n) is 8.25. The van der Waals surface area contributed by atoms with E-state index in [9.17, 15) is 9.18 Å². The standard InChI is InChI=1S/C8H12FN5O/c1-5(15)11-2-3-12-7-6(9)4-13-8(10)14-7/h4H,2-3H2,1H3,(H,11,15)(H3,10,12,13,14). The van der Waals surface area contributed by atoms with Crippen LogP contribution >= 0.6 is 0 Å². The zero-order valence-corrected chi connectivity index (χ0v) is 8.25. The summed E-state index contributed by atoms with van der Waals surface area (Å²) in [6.45, 7) is 2.16. The summed E-state index contributed by atoms with van der Waals surface area (Å²) in [6, 6.07) is 0. The number of nitrogens with two attached hydrogens (primary N) is 1. The second-order valence-electron chi connectivity index (χ2n) is 2.83. The van der Waals surface area contributed by atoms with Crippen molar-refractivity contribution in [1.82, 2.24) is 15.3 Å². The van der Waals surface area contributed by atoms with Gasteiger partial charge in [-0.05, 0) is 0 Å². The molecule has 1 aromatic rings. The lowest BCUT2D eigenvalue weighted by Crippen LogP contribution is -2.26. The minimum atomic E-state index is -0.577. The molecule has 1 aromatic heterocycles. The minimum Gasteiger partial charge on any atom is -0.368 e. The molecule has 0 atom stereocenters. The lowest BCUT2D eigenvalue weighted by molar-refractivity contribution is -0.118. The third-order valence-electron chi connectivity index (χ3n) is 1.55. The Hall–Kier alpha value is -1.92. The number of anilines is 2. The Bertz CT molecular complexity index is 357. The predicted octanol–water partition coefficient (Wildman–Crippen LogP) is -0.254.